The van der Waals surface area contributed by atoms with E-state index in [2.05, 4.69) is 10.6 Å². The molecule has 0 radical (unpaired) electrons. The number of rotatable bonds is 6. The molecule has 0 bridgehead atoms. The molecule has 134 valence electrons. The fourth-order valence-corrected chi connectivity index (χ4v) is 2.44. The molecule has 2 N–H and O–H groups in total. The van der Waals surface area contributed by atoms with Gasteiger partial charge in [0.05, 0.1) is 6.07 Å². The number of hydrogen-bond acceptors (Lipinski definition) is 6. The van der Waals surface area contributed by atoms with Crippen molar-refractivity contribution in [2.75, 3.05) is 20.1 Å². The van der Waals surface area contributed by atoms with Crippen LogP contribution in [0.4, 0.5) is 5.88 Å². The van der Waals surface area contributed by atoms with Crippen LogP contribution in [0.2, 0.25) is 0 Å². The summed E-state index contributed by atoms with van der Waals surface area (Å²) in [6, 6.07) is 1.94. The fourth-order valence-electron chi connectivity index (χ4n) is 2.44. The van der Waals surface area contributed by atoms with Gasteiger partial charge in [0.1, 0.15) is 11.0 Å². The van der Waals surface area contributed by atoms with Crippen molar-refractivity contribution in [2.24, 2.45) is 0 Å². The lowest BCUT2D eigenvalue weighted by atomic mass is 10.2. The van der Waals surface area contributed by atoms with E-state index in [-0.39, 0.29) is 30.1 Å². The minimum absolute atomic E-state index is 0. The summed E-state index contributed by atoms with van der Waals surface area (Å²) in [5.41, 5.74) is 0. The number of furan rings is 1. The zero-order valence-electron chi connectivity index (χ0n) is 13.5. The molecule has 1 fully saturated rings. The summed E-state index contributed by atoms with van der Waals surface area (Å²) >= 11 is 0. The molecular weight excluding hydrogens is 340 g/mol. The van der Waals surface area contributed by atoms with E-state index in [1.165, 1.54) is 11.0 Å². The molecule has 0 aromatic carbocycles. The van der Waals surface area contributed by atoms with E-state index < -0.39 is 22.8 Å². The largest absolute Gasteiger partial charge is 0.433 e. The van der Waals surface area contributed by atoms with E-state index >= 15 is 0 Å². The second-order valence-electron chi connectivity index (χ2n) is 5.49. The average Bonchev–Trinajstić information content (AvgIpc) is 3.20. The first-order valence-corrected chi connectivity index (χ1v) is 7.44. The number of nitrogens with one attached hydrogen (secondary N) is 2. The summed E-state index contributed by atoms with van der Waals surface area (Å²) in [6.45, 7) is 2.81. The molecule has 1 aliphatic heterocycles. The van der Waals surface area contributed by atoms with Gasteiger partial charge in [0.15, 0.2) is 5.76 Å². The molecule has 2 atom stereocenters. The lowest BCUT2D eigenvalue weighted by Crippen LogP contribution is -2.48. The number of carbonyl (C=O) groups is 2. The van der Waals surface area contributed by atoms with Crippen LogP contribution in [0.5, 0.6) is 0 Å². The topological polar surface area (TPSA) is 118 Å². The maximum absolute atomic E-state index is 12.4. The van der Waals surface area contributed by atoms with E-state index in [0.29, 0.717) is 25.9 Å². The van der Waals surface area contributed by atoms with Gasteiger partial charge in [-0.1, -0.05) is 0 Å². The number of hydrogen-bond donors (Lipinski definition) is 2. The predicted octanol–water partition coefficient (Wildman–Crippen LogP) is 0.938. The van der Waals surface area contributed by atoms with Crippen molar-refractivity contribution in [3.8, 4) is 0 Å². The third-order valence-corrected chi connectivity index (χ3v) is 3.87. The Morgan fingerprint density at radius 3 is 2.79 bits per heavy atom. The van der Waals surface area contributed by atoms with Crippen molar-refractivity contribution < 1.29 is 18.9 Å². The number of likely N-dealkylation sites (N-methyl/N-ethyl adjacent to an activating group) is 1. The van der Waals surface area contributed by atoms with Crippen LogP contribution in [0.1, 0.15) is 30.3 Å². The number of carbonyl (C=O) groups excluding carboxylic acids is 2. The molecule has 10 heteroatoms. The Kier molecular flexibility index (Phi) is 7.18. The highest BCUT2D eigenvalue weighted by Crippen LogP contribution is 2.23. The fraction of sp³-hybridized carbons (Fsp3) is 0.571. The van der Waals surface area contributed by atoms with Crippen LogP contribution in [0.15, 0.2) is 16.5 Å². The molecule has 2 amide bonds. The van der Waals surface area contributed by atoms with Crippen LogP contribution < -0.4 is 10.6 Å². The van der Waals surface area contributed by atoms with Crippen LogP contribution in [0.3, 0.4) is 0 Å². The molecule has 9 nitrogen and oxygen atoms in total. The van der Waals surface area contributed by atoms with Crippen molar-refractivity contribution in [1.29, 1.82) is 0 Å². The predicted molar refractivity (Wildman–Crippen MR) is 88.2 cm³/mol. The summed E-state index contributed by atoms with van der Waals surface area (Å²) in [4.78, 5) is 36.0. The summed E-state index contributed by atoms with van der Waals surface area (Å²) in [6.07, 6.45) is 1.27. The van der Waals surface area contributed by atoms with Gasteiger partial charge in [-0.25, -0.2) is 0 Å². The molecule has 1 aliphatic rings. The Labute approximate surface area is 145 Å². The molecule has 24 heavy (non-hydrogen) atoms. The number of likely N-dealkylation sites (tertiary alicyclic amines) is 1. The van der Waals surface area contributed by atoms with Gasteiger partial charge in [-0.3, -0.25) is 19.7 Å². The molecule has 1 aromatic rings. The summed E-state index contributed by atoms with van der Waals surface area (Å²) in [7, 11) is 1.80. The Hall–Kier alpha value is -2.13. The molecule has 1 aromatic heterocycles. The highest BCUT2D eigenvalue weighted by molar-refractivity contribution is 5.96. The third-order valence-electron chi connectivity index (χ3n) is 3.87. The lowest BCUT2D eigenvalue weighted by Gasteiger charge is -2.23. The number of amides is 2. The zero-order valence-corrected chi connectivity index (χ0v) is 14.3. The van der Waals surface area contributed by atoms with E-state index in [1.807, 2.05) is 6.92 Å². The minimum Gasteiger partial charge on any atom is -0.395 e. The zero-order chi connectivity index (χ0) is 17.0. The van der Waals surface area contributed by atoms with Crippen LogP contribution in [0.25, 0.3) is 0 Å². The van der Waals surface area contributed by atoms with Crippen LogP contribution in [-0.4, -0.2) is 53.9 Å². The molecule has 2 heterocycles. The number of halogens is 1. The average molecular weight is 361 g/mol. The normalized spacial score (nSPS) is 17.9. The molecule has 2 rings (SSSR count). The van der Waals surface area contributed by atoms with Gasteiger partial charge in [-0.05, 0) is 32.9 Å². The van der Waals surface area contributed by atoms with Crippen LogP contribution in [-0.2, 0) is 4.79 Å². The quantitative estimate of drug-likeness (QED) is 0.575. The molecule has 0 aliphatic carbocycles. The van der Waals surface area contributed by atoms with Gasteiger partial charge >= 0.3 is 5.88 Å². The molecule has 2 unspecified atom stereocenters. The molecule has 0 spiro atoms. The monoisotopic (exact) mass is 360 g/mol. The smallest absolute Gasteiger partial charge is 0.395 e. The van der Waals surface area contributed by atoms with Crippen molar-refractivity contribution >= 4 is 30.1 Å². The van der Waals surface area contributed by atoms with E-state index in [0.717, 1.165) is 6.07 Å². The van der Waals surface area contributed by atoms with Gasteiger partial charge in [0.2, 0.25) is 5.91 Å². The number of nitro groups is 1. The maximum Gasteiger partial charge on any atom is 0.433 e. The van der Waals surface area contributed by atoms with Gasteiger partial charge in [0.25, 0.3) is 5.91 Å². The maximum atomic E-state index is 12.4. The van der Waals surface area contributed by atoms with E-state index in [1.54, 1.807) is 7.05 Å². The Morgan fingerprint density at radius 2 is 2.21 bits per heavy atom. The van der Waals surface area contributed by atoms with Gasteiger partial charge in [-0.15, -0.1) is 12.4 Å². The van der Waals surface area contributed by atoms with Crippen molar-refractivity contribution in [2.45, 2.75) is 31.8 Å². The van der Waals surface area contributed by atoms with Gasteiger partial charge in [-0.2, -0.15) is 0 Å². The number of nitrogens with zero attached hydrogens (tertiary/aromatic N) is 2. The van der Waals surface area contributed by atoms with Crippen molar-refractivity contribution in [3.05, 3.63) is 28.0 Å². The highest BCUT2D eigenvalue weighted by atomic mass is 35.5. The van der Waals surface area contributed by atoms with Crippen molar-refractivity contribution in [3.63, 3.8) is 0 Å². The van der Waals surface area contributed by atoms with Crippen LogP contribution >= 0.6 is 12.4 Å². The molecule has 0 saturated carbocycles. The second kappa shape index (κ2) is 8.65. The van der Waals surface area contributed by atoms with Gasteiger partial charge < -0.3 is 20.0 Å². The van der Waals surface area contributed by atoms with Crippen LogP contribution in [0, 0.1) is 10.1 Å². The second-order valence-corrected chi connectivity index (χ2v) is 5.49. The summed E-state index contributed by atoms with van der Waals surface area (Å²) < 4.78 is 4.93. The standard InChI is InChI=1S/C14H20N4O5.ClH/c1-9(15-2)8-16-13(19)10-4-3-7-17(10)14(20)11-5-6-12(23-11)18(21)22;/h5-6,9-10,15H,3-4,7-8H2,1-2H3,(H,16,19);1H. The first-order valence-electron chi connectivity index (χ1n) is 7.44. The van der Waals surface area contributed by atoms with Crippen molar-refractivity contribution in [1.82, 2.24) is 15.5 Å². The SMILES string of the molecule is CNC(C)CNC(=O)C1CCCN1C(=O)c1ccc([N+](=O)[O-])o1.Cl. The van der Waals surface area contributed by atoms with E-state index in [9.17, 15) is 19.7 Å². The summed E-state index contributed by atoms with van der Waals surface area (Å²) in [5, 5.41) is 16.4. The first kappa shape index (κ1) is 19.9. The Morgan fingerprint density at radius 1 is 1.50 bits per heavy atom. The van der Waals surface area contributed by atoms with Gasteiger partial charge in [0, 0.05) is 19.1 Å². The Bertz CT molecular complexity index is 606. The highest BCUT2D eigenvalue weighted by Gasteiger charge is 2.36. The first-order chi connectivity index (χ1) is 10.9. The third kappa shape index (κ3) is 4.45. The van der Waals surface area contributed by atoms with E-state index in [4.69, 9.17) is 4.42 Å². The summed E-state index contributed by atoms with van der Waals surface area (Å²) in [5.74, 6) is -1.34. The Balaban J connectivity index is 0.00000288. The molecule has 1 saturated heterocycles. The molecular formula is C14H21ClN4O5. The lowest BCUT2D eigenvalue weighted by molar-refractivity contribution is -0.402. The minimum atomic E-state index is -0.704.